The van der Waals surface area contributed by atoms with E-state index in [0.717, 1.165) is 42.9 Å². The largest absolute Gasteiger partial charge is 0.368 e. The van der Waals surface area contributed by atoms with E-state index in [-0.39, 0.29) is 11.9 Å². The number of rotatable bonds is 8. The van der Waals surface area contributed by atoms with Gasteiger partial charge in [-0.2, -0.15) is 0 Å². The summed E-state index contributed by atoms with van der Waals surface area (Å²) in [5, 5.41) is 6.64. The minimum atomic E-state index is 0.162. The summed E-state index contributed by atoms with van der Waals surface area (Å²) >= 11 is 0. The Hall–Kier alpha value is -3.23. The lowest BCUT2D eigenvalue weighted by atomic mass is 10.3. The number of carbonyl (C=O) groups excluding carboxylic acids is 1. The van der Waals surface area contributed by atoms with Gasteiger partial charge in [-0.25, -0.2) is 19.9 Å². The molecule has 0 spiro atoms. The number of aromatic nitrogens is 5. The lowest BCUT2D eigenvalue weighted by Gasteiger charge is -2.15. The van der Waals surface area contributed by atoms with Crippen LogP contribution in [0.2, 0.25) is 0 Å². The molecule has 0 atom stereocenters. The van der Waals surface area contributed by atoms with Crippen LogP contribution in [0.15, 0.2) is 30.7 Å². The predicted octanol–water partition coefficient (Wildman–Crippen LogP) is 2.97. The van der Waals surface area contributed by atoms with E-state index in [1.165, 1.54) is 0 Å². The maximum absolute atomic E-state index is 11.7. The molecule has 9 nitrogen and oxygen atoms in total. The first kappa shape index (κ1) is 19.1. The van der Waals surface area contributed by atoms with Gasteiger partial charge in [0.2, 0.25) is 11.9 Å². The van der Waals surface area contributed by atoms with Gasteiger partial charge in [-0.15, -0.1) is 0 Å². The Labute approximate surface area is 169 Å². The number of likely N-dealkylation sites (tertiary alicyclic amines) is 1. The second-order valence-electron chi connectivity index (χ2n) is 7.40. The van der Waals surface area contributed by atoms with Gasteiger partial charge in [0, 0.05) is 38.3 Å². The fraction of sp³-hybridized carbons (Fsp3) is 0.450. The highest BCUT2D eigenvalue weighted by molar-refractivity contribution is 5.85. The molecule has 0 aromatic carbocycles. The van der Waals surface area contributed by atoms with Gasteiger partial charge in [-0.05, 0) is 38.8 Å². The molecule has 1 aliphatic heterocycles. The zero-order chi connectivity index (χ0) is 20.2. The Morgan fingerprint density at radius 2 is 2.10 bits per heavy atom. The minimum absolute atomic E-state index is 0.162. The average molecular weight is 394 g/mol. The van der Waals surface area contributed by atoms with Crippen molar-refractivity contribution in [3.63, 3.8) is 0 Å². The standard InChI is InChI=1S/C20H26N8O/c1-14(2)28-19-17(26-20(28)25-15-7-3-4-9-21-15)18(23-13-24-19)22-10-6-12-27-11-5-8-16(27)29/h3-4,7,9,13-14H,5-6,8,10-12H2,1-2H3,(H,21,25,26)(H,22,23,24). The Balaban J connectivity index is 1.52. The van der Waals surface area contributed by atoms with Crippen LogP contribution in [0.25, 0.3) is 11.2 Å². The average Bonchev–Trinajstić information content (AvgIpc) is 3.29. The quantitative estimate of drug-likeness (QED) is 0.566. The molecule has 0 bridgehead atoms. The van der Waals surface area contributed by atoms with E-state index in [9.17, 15) is 4.79 Å². The van der Waals surface area contributed by atoms with Crippen molar-refractivity contribution in [3.05, 3.63) is 30.7 Å². The fourth-order valence-corrected chi connectivity index (χ4v) is 3.58. The molecule has 152 valence electrons. The molecule has 2 N–H and O–H groups in total. The molecule has 29 heavy (non-hydrogen) atoms. The van der Waals surface area contributed by atoms with Gasteiger partial charge in [0.05, 0.1) is 0 Å². The van der Waals surface area contributed by atoms with E-state index in [2.05, 4.69) is 39.4 Å². The fourth-order valence-electron chi connectivity index (χ4n) is 3.58. The first-order valence-electron chi connectivity index (χ1n) is 10.1. The smallest absolute Gasteiger partial charge is 0.222 e. The monoisotopic (exact) mass is 394 g/mol. The van der Waals surface area contributed by atoms with Crippen LogP contribution in [0.1, 0.15) is 39.2 Å². The van der Waals surface area contributed by atoms with Gasteiger partial charge >= 0.3 is 0 Å². The van der Waals surface area contributed by atoms with Crippen LogP contribution in [0.5, 0.6) is 0 Å². The molecule has 0 unspecified atom stereocenters. The summed E-state index contributed by atoms with van der Waals surface area (Å²) in [7, 11) is 0. The van der Waals surface area contributed by atoms with Crippen LogP contribution in [0.3, 0.4) is 0 Å². The van der Waals surface area contributed by atoms with Gasteiger partial charge in [-0.3, -0.25) is 9.36 Å². The number of imidazole rings is 1. The van der Waals surface area contributed by atoms with Crippen LogP contribution in [0, 0.1) is 0 Å². The summed E-state index contributed by atoms with van der Waals surface area (Å²) in [5.41, 5.74) is 1.49. The number of pyridine rings is 1. The Kier molecular flexibility index (Phi) is 5.55. The molecule has 1 saturated heterocycles. The Bertz CT molecular complexity index is 985. The van der Waals surface area contributed by atoms with Crippen molar-refractivity contribution in [3.8, 4) is 0 Å². The van der Waals surface area contributed by atoms with Crippen molar-refractivity contribution in [1.82, 2.24) is 29.4 Å². The second-order valence-corrected chi connectivity index (χ2v) is 7.40. The Morgan fingerprint density at radius 3 is 2.83 bits per heavy atom. The maximum atomic E-state index is 11.7. The molecule has 4 rings (SSSR count). The van der Waals surface area contributed by atoms with E-state index < -0.39 is 0 Å². The molecule has 3 aromatic rings. The number of fused-ring (bicyclic) bond motifs is 1. The zero-order valence-electron chi connectivity index (χ0n) is 16.8. The molecule has 9 heteroatoms. The molecule has 3 aromatic heterocycles. The first-order chi connectivity index (χ1) is 14.1. The number of carbonyl (C=O) groups is 1. The highest BCUT2D eigenvalue weighted by Crippen LogP contribution is 2.27. The van der Waals surface area contributed by atoms with Crippen LogP contribution < -0.4 is 10.6 Å². The topological polar surface area (TPSA) is 101 Å². The third-order valence-electron chi connectivity index (χ3n) is 4.97. The predicted molar refractivity (Wildman–Crippen MR) is 112 cm³/mol. The van der Waals surface area contributed by atoms with Gasteiger partial charge in [-0.1, -0.05) is 6.07 Å². The van der Waals surface area contributed by atoms with E-state index in [1.54, 1.807) is 12.5 Å². The lowest BCUT2D eigenvalue weighted by Crippen LogP contribution is -2.27. The van der Waals surface area contributed by atoms with Gasteiger partial charge in [0.1, 0.15) is 12.1 Å². The van der Waals surface area contributed by atoms with Crippen molar-refractivity contribution >= 4 is 34.7 Å². The second kappa shape index (κ2) is 8.42. The summed E-state index contributed by atoms with van der Waals surface area (Å²) in [5.74, 6) is 2.36. The molecule has 1 fully saturated rings. The number of hydrogen-bond donors (Lipinski definition) is 2. The van der Waals surface area contributed by atoms with E-state index in [4.69, 9.17) is 4.98 Å². The van der Waals surface area contributed by atoms with Gasteiger partial charge < -0.3 is 15.5 Å². The van der Waals surface area contributed by atoms with E-state index in [0.29, 0.717) is 24.7 Å². The van der Waals surface area contributed by atoms with Gasteiger partial charge in [0.25, 0.3) is 0 Å². The third kappa shape index (κ3) is 4.13. The van der Waals surface area contributed by atoms with E-state index in [1.807, 2.05) is 27.7 Å². The SMILES string of the molecule is CC(C)n1c(Nc2ccccn2)nc2c(NCCCN3CCCC3=O)ncnc21. The molecular formula is C20H26N8O. The maximum Gasteiger partial charge on any atom is 0.222 e. The third-order valence-corrected chi connectivity index (χ3v) is 4.97. The highest BCUT2D eigenvalue weighted by Gasteiger charge is 2.20. The van der Waals surface area contributed by atoms with Crippen LogP contribution in [-0.2, 0) is 4.79 Å². The first-order valence-corrected chi connectivity index (χ1v) is 10.1. The summed E-state index contributed by atoms with van der Waals surface area (Å²) in [4.78, 5) is 31.6. The number of hydrogen-bond acceptors (Lipinski definition) is 7. The number of nitrogens with zero attached hydrogens (tertiary/aromatic N) is 6. The van der Waals surface area contributed by atoms with E-state index >= 15 is 0 Å². The minimum Gasteiger partial charge on any atom is -0.368 e. The van der Waals surface area contributed by atoms with Crippen molar-refractivity contribution in [1.29, 1.82) is 0 Å². The van der Waals surface area contributed by atoms with Crippen LogP contribution >= 0.6 is 0 Å². The van der Waals surface area contributed by atoms with Crippen molar-refractivity contribution < 1.29 is 4.79 Å². The highest BCUT2D eigenvalue weighted by atomic mass is 16.2. The van der Waals surface area contributed by atoms with Crippen molar-refractivity contribution in [2.75, 3.05) is 30.3 Å². The number of amides is 1. The molecule has 0 radical (unpaired) electrons. The lowest BCUT2D eigenvalue weighted by molar-refractivity contribution is -0.127. The van der Waals surface area contributed by atoms with Crippen molar-refractivity contribution in [2.45, 2.75) is 39.2 Å². The molecule has 1 amide bonds. The normalized spacial score (nSPS) is 14.2. The summed E-state index contributed by atoms with van der Waals surface area (Å²) in [6.07, 6.45) is 5.81. The van der Waals surface area contributed by atoms with Crippen LogP contribution in [0.4, 0.5) is 17.6 Å². The van der Waals surface area contributed by atoms with Gasteiger partial charge in [0.15, 0.2) is 17.0 Å². The number of nitrogens with one attached hydrogen (secondary N) is 2. The summed E-state index contributed by atoms with van der Waals surface area (Å²) in [6.45, 7) is 6.54. The molecule has 4 heterocycles. The summed E-state index contributed by atoms with van der Waals surface area (Å²) < 4.78 is 2.04. The summed E-state index contributed by atoms with van der Waals surface area (Å²) in [6, 6.07) is 5.86. The molecular weight excluding hydrogens is 368 g/mol. The molecule has 0 saturated carbocycles. The van der Waals surface area contributed by atoms with Crippen molar-refractivity contribution in [2.24, 2.45) is 0 Å². The molecule has 0 aliphatic carbocycles. The Morgan fingerprint density at radius 1 is 1.21 bits per heavy atom. The molecule has 1 aliphatic rings. The zero-order valence-corrected chi connectivity index (χ0v) is 16.8. The number of anilines is 3. The van der Waals surface area contributed by atoms with Crippen LogP contribution in [-0.4, -0.2) is 54.9 Å².